The first-order valence-corrected chi connectivity index (χ1v) is 9.48. The lowest BCUT2D eigenvalue weighted by molar-refractivity contribution is 0.578. The molecule has 0 aliphatic heterocycles. The lowest BCUT2D eigenvalue weighted by Crippen LogP contribution is -1.99. The molecule has 4 aromatic rings. The van der Waals surface area contributed by atoms with E-state index >= 15 is 0 Å². The van der Waals surface area contributed by atoms with E-state index in [0.29, 0.717) is 16.6 Å². The molecule has 0 unspecified atom stereocenters. The molecule has 2 aromatic carbocycles. The molecule has 130 valence electrons. The van der Waals surface area contributed by atoms with E-state index in [1.54, 1.807) is 30.3 Å². The zero-order chi connectivity index (χ0) is 18.3. The minimum Gasteiger partial charge on any atom is -0.414 e. The number of para-hydroxylation sites is 2. The highest BCUT2D eigenvalue weighted by molar-refractivity contribution is 7.90. The van der Waals surface area contributed by atoms with E-state index in [0.717, 1.165) is 6.26 Å². The van der Waals surface area contributed by atoms with Crippen LogP contribution >= 0.6 is 0 Å². The Morgan fingerprint density at radius 2 is 1.50 bits per heavy atom. The molecule has 4 rings (SSSR count). The Morgan fingerprint density at radius 1 is 0.885 bits per heavy atom. The van der Waals surface area contributed by atoms with Crippen molar-refractivity contribution in [3.8, 4) is 23.0 Å². The second kappa shape index (κ2) is 5.88. The van der Waals surface area contributed by atoms with Gasteiger partial charge in [0.05, 0.1) is 21.5 Å². The summed E-state index contributed by atoms with van der Waals surface area (Å²) < 4.78 is 29.6. The van der Waals surface area contributed by atoms with Gasteiger partial charge in [-0.15, -0.1) is 10.2 Å². The highest BCUT2D eigenvalue weighted by Gasteiger charge is 2.21. The predicted molar refractivity (Wildman–Crippen MR) is 95.8 cm³/mol. The summed E-state index contributed by atoms with van der Waals surface area (Å²) in [6.45, 7) is 0. The molecule has 0 amide bonds. The number of aromatic nitrogens is 4. The predicted octanol–water partition coefficient (Wildman–Crippen LogP) is 2.33. The number of hydrogen-bond acceptors (Lipinski definition) is 8. The highest BCUT2D eigenvalue weighted by Crippen LogP contribution is 2.30. The van der Waals surface area contributed by atoms with Crippen molar-refractivity contribution >= 4 is 26.7 Å². The molecule has 0 aliphatic rings. The third-order valence-electron chi connectivity index (χ3n) is 3.74. The smallest absolute Gasteiger partial charge is 0.270 e. The number of sulfone groups is 1. The van der Waals surface area contributed by atoms with Gasteiger partial charge in [0.2, 0.25) is 5.89 Å². The average Bonchev–Trinajstić information content (AvgIpc) is 3.10. The Balaban J connectivity index is 1.85. The van der Waals surface area contributed by atoms with Crippen molar-refractivity contribution < 1.29 is 12.8 Å². The van der Waals surface area contributed by atoms with Crippen molar-refractivity contribution in [3.63, 3.8) is 0 Å². The molecule has 0 atom stereocenters. The molecule has 0 bridgehead atoms. The molecular weight excluding hydrogens is 354 g/mol. The quantitative estimate of drug-likeness (QED) is 0.585. The van der Waals surface area contributed by atoms with Gasteiger partial charge in [-0.05, 0) is 24.3 Å². The summed E-state index contributed by atoms with van der Waals surface area (Å²) in [7, 11) is -3.45. The SMILES string of the molecule is CS(=O)(=O)c1ccccc1-c1nnc(-c2nc3ccccc3nc2N)o1. The molecule has 0 saturated heterocycles. The Hall–Kier alpha value is -3.33. The number of benzene rings is 2. The fourth-order valence-electron chi connectivity index (χ4n) is 2.57. The molecule has 2 N–H and O–H groups in total. The van der Waals surface area contributed by atoms with Gasteiger partial charge in [0.25, 0.3) is 5.89 Å². The van der Waals surface area contributed by atoms with Crippen molar-refractivity contribution in [2.24, 2.45) is 0 Å². The molecule has 0 fully saturated rings. The molecule has 26 heavy (non-hydrogen) atoms. The van der Waals surface area contributed by atoms with Crippen LogP contribution in [0, 0.1) is 0 Å². The number of hydrogen-bond donors (Lipinski definition) is 1. The summed E-state index contributed by atoms with van der Waals surface area (Å²) in [4.78, 5) is 8.81. The summed E-state index contributed by atoms with van der Waals surface area (Å²) in [5.74, 6) is 0.282. The van der Waals surface area contributed by atoms with E-state index in [1.807, 2.05) is 12.1 Å². The van der Waals surface area contributed by atoms with Gasteiger partial charge in [0.1, 0.15) is 0 Å². The van der Waals surface area contributed by atoms with E-state index in [1.165, 1.54) is 6.07 Å². The maximum absolute atomic E-state index is 12.0. The van der Waals surface area contributed by atoms with E-state index < -0.39 is 9.84 Å². The van der Waals surface area contributed by atoms with Gasteiger partial charge in [-0.1, -0.05) is 24.3 Å². The Kier molecular flexibility index (Phi) is 3.66. The van der Waals surface area contributed by atoms with Crippen molar-refractivity contribution in [1.29, 1.82) is 0 Å². The molecule has 2 heterocycles. The van der Waals surface area contributed by atoms with Crippen LogP contribution in [0.4, 0.5) is 5.82 Å². The maximum Gasteiger partial charge on any atom is 0.270 e. The number of nitrogen functional groups attached to an aromatic ring is 1. The molecule has 2 aromatic heterocycles. The van der Waals surface area contributed by atoms with Crippen LogP contribution in [0.15, 0.2) is 57.8 Å². The number of rotatable bonds is 3. The van der Waals surface area contributed by atoms with Crippen LogP contribution in [0.25, 0.3) is 34.1 Å². The molecule has 9 heteroatoms. The molecule has 0 saturated carbocycles. The zero-order valence-corrected chi connectivity index (χ0v) is 14.4. The topological polar surface area (TPSA) is 125 Å². The second-order valence-electron chi connectivity index (χ2n) is 5.63. The normalized spacial score (nSPS) is 11.7. The molecule has 8 nitrogen and oxygen atoms in total. The Bertz CT molecular complexity index is 1230. The standard InChI is InChI=1S/C17H13N5O3S/c1-26(23,24)13-9-5-2-6-10(13)16-21-22-17(25-16)14-15(18)20-12-8-4-3-7-11(12)19-14/h2-9H,1H3,(H2,18,20). The van der Waals surface area contributed by atoms with Crippen LogP contribution in [0.1, 0.15) is 0 Å². The fraction of sp³-hybridized carbons (Fsp3) is 0.0588. The Morgan fingerprint density at radius 3 is 2.23 bits per heavy atom. The molecular formula is C17H13N5O3S. The lowest BCUT2D eigenvalue weighted by atomic mass is 10.2. The van der Waals surface area contributed by atoms with Crippen LogP contribution in [0.5, 0.6) is 0 Å². The van der Waals surface area contributed by atoms with Gasteiger partial charge in [-0.2, -0.15) is 0 Å². The van der Waals surface area contributed by atoms with E-state index in [2.05, 4.69) is 20.2 Å². The third kappa shape index (κ3) is 2.78. The van der Waals surface area contributed by atoms with Crippen molar-refractivity contribution in [2.45, 2.75) is 4.90 Å². The van der Waals surface area contributed by atoms with Gasteiger partial charge in [0, 0.05) is 6.26 Å². The van der Waals surface area contributed by atoms with Gasteiger partial charge in [-0.3, -0.25) is 0 Å². The highest BCUT2D eigenvalue weighted by atomic mass is 32.2. The lowest BCUT2D eigenvalue weighted by Gasteiger charge is -2.04. The minimum atomic E-state index is -3.45. The largest absolute Gasteiger partial charge is 0.414 e. The fourth-order valence-corrected chi connectivity index (χ4v) is 3.45. The summed E-state index contributed by atoms with van der Waals surface area (Å²) in [5, 5.41) is 7.91. The first-order chi connectivity index (χ1) is 12.4. The van der Waals surface area contributed by atoms with Crippen LogP contribution in [-0.2, 0) is 9.84 Å². The van der Waals surface area contributed by atoms with Crippen molar-refractivity contribution in [3.05, 3.63) is 48.5 Å². The molecule has 0 aliphatic carbocycles. The first kappa shape index (κ1) is 16.2. The van der Waals surface area contributed by atoms with E-state index in [4.69, 9.17) is 10.2 Å². The van der Waals surface area contributed by atoms with Gasteiger partial charge >= 0.3 is 0 Å². The van der Waals surface area contributed by atoms with Crippen molar-refractivity contribution in [1.82, 2.24) is 20.2 Å². The van der Waals surface area contributed by atoms with Crippen LogP contribution in [0.2, 0.25) is 0 Å². The van der Waals surface area contributed by atoms with Crippen LogP contribution in [0.3, 0.4) is 0 Å². The van der Waals surface area contributed by atoms with Gasteiger partial charge in [-0.25, -0.2) is 18.4 Å². The monoisotopic (exact) mass is 367 g/mol. The van der Waals surface area contributed by atoms with E-state index in [-0.39, 0.29) is 28.2 Å². The second-order valence-corrected chi connectivity index (χ2v) is 7.61. The number of anilines is 1. The summed E-state index contributed by atoms with van der Waals surface area (Å²) >= 11 is 0. The molecule has 0 spiro atoms. The number of nitrogens with zero attached hydrogens (tertiary/aromatic N) is 4. The van der Waals surface area contributed by atoms with Gasteiger partial charge in [0.15, 0.2) is 21.3 Å². The van der Waals surface area contributed by atoms with Gasteiger partial charge < -0.3 is 10.2 Å². The summed E-state index contributed by atoms with van der Waals surface area (Å²) in [6, 6.07) is 13.7. The Labute approximate surface area is 148 Å². The first-order valence-electron chi connectivity index (χ1n) is 7.59. The van der Waals surface area contributed by atoms with Crippen LogP contribution < -0.4 is 5.73 Å². The van der Waals surface area contributed by atoms with Crippen molar-refractivity contribution in [2.75, 3.05) is 12.0 Å². The van der Waals surface area contributed by atoms with Crippen LogP contribution in [-0.4, -0.2) is 34.8 Å². The summed E-state index contributed by atoms with van der Waals surface area (Å²) in [5.41, 5.74) is 7.82. The molecule has 0 radical (unpaired) electrons. The summed E-state index contributed by atoms with van der Waals surface area (Å²) in [6.07, 6.45) is 1.12. The van der Waals surface area contributed by atoms with E-state index in [9.17, 15) is 8.42 Å². The minimum absolute atomic E-state index is 0.0652. The average molecular weight is 367 g/mol. The zero-order valence-electron chi connectivity index (χ0n) is 13.6. The number of nitrogens with two attached hydrogens (primary N) is 1. The number of fused-ring (bicyclic) bond motifs is 1. The third-order valence-corrected chi connectivity index (χ3v) is 4.90. The maximum atomic E-state index is 12.0.